The fourth-order valence-electron chi connectivity index (χ4n) is 19.1. The molecule has 0 bridgehead atoms. The first kappa shape index (κ1) is 88.9. The van der Waals surface area contributed by atoms with Crippen molar-refractivity contribution in [3.05, 3.63) is 542 Å². The standard InChI is InChI=1S/C114H106Br4O4Si4/c1-85-65-101(69-105(115)111(85)119-123(73-89-41-17-5-18-42-89,74-90-43-19-6-20-44-90)75-91-45-21-7-22-46-91)109(102-66-86(2)112(106(116)70-102)120-124(76-92-47-23-8-24-48-92,77-93-49-25-9-26-50-93)78-94-51-27-10-28-52-94)110(103-67-87(3)113(107(117)71-103)121-125(79-95-53-29-11-30-54-95,80-96-55-31-12-32-56-96)81-97-57-33-13-34-58-97)104-68-88(4)114(108(118)72-104)122-126(82-98-59-35-14-36-60-98,83-99-61-37-15-38-62-99)84-100-63-39-16-40-64-100/h5-72,109-110H,73-84H2,1-4H3. The van der Waals surface area contributed by atoms with Crippen molar-refractivity contribution >= 4 is 97.0 Å². The lowest BCUT2D eigenvalue weighted by Gasteiger charge is -2.37. The Bertz CT molecular complexity index is 4940. The highest BCUT2D eigenvalue weighted by Gasteiger charge is 2.45. The normalized spacial score (nSPS) is 11.9. The van der Waals surface area contributed by atoms with Crippen LogP contribution in [0.2, 0.25) is 0 Å². The second-order valence-electron chi connectivity index (χ2n) is 34.6. The first-order valence-corrected chi connectivity index (χ1v) is 57.2. The van der Waals surface area contributed by atoms with E-state index < -0.39 is 33.3 Å². The molecule has 0 fully saturated rings. The van der Waals surface area contributed by atoms with E-state index in [1.165, 1.54) is 66.8 Å². The van der Waals surface area contributed by atoms with Gasteiger partial charge in [-0.15, -0.1) is 0 Å². The van der Waals surface area contributed by atoms with Gasteiger partial charge in [0.05, 0.1) is 17.9 Å². The van der Waals surface area contributed by atoms with Crippen molar-refractivity contribution in [3.8, 4) is 23.0 Å². The van der Waals surface area contributed by atoms with Crippen molar-refractivity contribution in [2.24, 2.45) is 0 Å². The molecule has 16 rings (SSSR count). The highest BCUT2D eigenvalue weighted by molar-refractivity contribution is 9.11. The molecule has 0 saturated carbocycles. The Morgan fingerprint density at radius 1 is 0.175 bits per heavy atom. The number of hydrogen-bond donors (Lipinski definition) is 0. The third kappa shape index (κ3) is 23.1. The Kier molecular flexibility index (Phi) is 29.6. The second kappa shape index (κ2) is 42.0. The van der Waals surface area contributed by atoms with Gasteiger partial charge in [-0.05, 0) is 227 Å². The maximum absolute atomic E-state index is 8.21. The maximum atomic E-state index is 8.21. The predicted octanol–water partition coefficient (Wildman–Crippen LogP) is 29.6. The average molecular weight is 1970 g/mol. The minimum absolute atomic E-state index is 0.389. The third-order valence-corrected chi connectivity index (χ3v) is 42.0. The van der Waals surface area contributed by atoms with Crippen molar-refractivity contribution in [2.45, 2.75) is 112 Å². The molecule has 0 N–H and O–H groups in total. The zero-order valence-electron chi connectivity index (χ0n) is 72.0. The van der Waals surface area contributed by atoms with E-state index in [1.807, 2.05) is 0 Å². The quantitative estimate of drug-likeness (QED) is 0.0364. The first-order chi connectivity index (χ1) is 61.5. The highest BCUT2D eigenvalue weighted by Crippen LogP contribution is 2.52. The summed E-state index contributed by atoms with van der Waals surface area (Å²) in [5.74, 6) is 2.68. The molecule has 126 heavy (non-hydrogen) atoms. The van der Waals surface area contributed by atoms with Crippen molar-refractivity contribution in [2.75, 3.05) is 0 Å². The summed E-state index contributed by atoms with van der Waals surface area (Å²) in [5, 5.41) is 0. The lowest BCUT2D eigenvalue weighted by molar-refractivity contribution is 0.513. The summed E-state index contributed by atoms with van der Waals surface area (Å²) in [6.45, 7) is 9.07. The van der Waals surface area contributed by atoms with Crippen LogP contribution in [0.4, 0.5) is 0 Å². The first-order valence-electron chi connectivity index (χ1n) is 43.9. The smallest absolute Gasteiger partial charge is 0.264 e. The van der Waals surface area contributed by atoms with Crippen LogP contribution in [0.1, 0.15) is 123 Å². The van der Waals surface area contributed by atoms with Crippen LogP contribution in [0, 0.1) is 27.7 Å². The Balaban J connectivity index is 0.924. The molecule has 0 atom stereocenters. The molecule has 0 aliphatic heterocycles. The molecular formula is C114H106Br4O4Si4. The van der Waals surface area contributed by atoms with E-state index in [1.54, 1.807) is 0 Å². The van der Waals surface area contributed by atoms with Gasteiger partial charge < -0.3 is 17.7 Å². The minimum atomic E-state index is -2.95. The number of halogens is 4. The Morgan fingerprint density at radius 2 is 0.286 bits per heavy atom. The van der Waals surface area contributed by atoms with Crippen LogP contribution in [0.15, 0.2) is 430 Å². The van der Waals surface area contributed by atoms with Gasteiger partial charge >= 0.3 is 0 Å². The maximum Gasteiger partial charge on any atom is 0.264 e. The van der Waals surface area contributed by atoms with Gasteiger partial charge in [-0.1, -0.05) is 388 Å². The molecule has 0 aliphatic rings. The number of benzene rings is 16. The Labute approximate surface area is 784 Å². The van der Waals surface area contributed by atoms with Crippen molar-refractivity contribution < 1.29 is 17.7 Å². The van der Waals surface area contributed by atoms with Crippen LogP contribution in [-0.2, 0) is 72.5 Å². The molecule has 12 heteroatoms. The third-order valence-electron chi connectivity index (χ3n) is 24.5. The van der Waals surface area contributed by atoms with Crippen LogP contribution < -0.4 is 17.7 Å². The highest BCUT2D eigenvalue weighted by atomic mass is 79.9. The minimum Gasteiger partial charge on any atom is -0.542 e. The Morgan fingerprint density at radius 3 is 0.389 bits per heavy atom. The molecule has 0 saturated heterocycles. The van der Waals surface area contributed by atoms with Gasteiger partial charge in [0, 0.05) is 84.4 Å². The molecule has 0 spiro atoms. The summed E-state index contributed by atoms with van der Waals surface area (Å²) in [6.07, 6.45) is 0. The van der Waals surface area contributed by atoms with Crippen LogP contribution in [0.3, 0.4) is 0 Å². The van der Waals surface area contributed by atoms with Gasteiger partial charge in [-0.2, -0.15) is 0 Å². The van der Waals surface area contributed by atoms with E-state index in [2.05, 4.69) is 504 Å². The fraction of sp³-hybridized carbons (Fsp3) is 0.158. The van der Waals surface area contributed by atoms with E-state index in [9.17, 15) is 0 Å². The molecule has 0 unspecified atom stereocenters. The molecule has 16 aromatic carbocycles. The second-order valence-corrected chi connectivity index (χ2v) is 52.6. The van der Waals surface area contributed by atoms with E-state index >= 15 is 0 Å². The Hall–Kier alpha value is -10.5. The summed E-state index contributed by atoms with van der Waals surface area (Å²) >= 11 is 17.8. The molecular weight excluding hydrogens is 1870 g/mol. The molecule has 0 aromatic heterocycles. The summed E-state index contributed by atoms with van der Waals surface area (Å²) in [6, 6.07) is 161. The van der Waals surface area contributed by atoms with Gasteiger partial charge in [0.15, 0.2) is 0 Å². The number of rotatable bonds is 37. The molecule has 0 heterocycles. The van der Waals surface area contributed by atoms with Crippen LogP contribution >= 0.6 is 63.7 Å². The van der Waals surface area contributed by atoms with Crippen molar-refractivity contribution in [1.82, 2.24) is 0 Å². The molecule has 4 nitrogen and oxygen atoms in total. The van der Waals surface area contributed by atoms with E-state index in [0.29, 0.717) is 0 Å². The lowest BCUT2D eigenvalue weighted by atomic mass is 9.72. The number of hydrogen-bond acceptors (Lipinski definition) is 4. The van der Waals surface area contributed by atoms with E-state index in [4.69, 9.17) is 17.7 Å². The molecule has 630 valence electrons. The molecule has 0 aliphatic carbocycles. The largest absolute Gasteiger partial charge is 0.542 e. The average Bonchev–Trinajstić information content (AvgIpc) is 0.726. The monoisotopic (exact) mass is 1970 g/mol. The van der Waals surface area contributed by atoms with Crippen molar-refractivity contribution in [1.29, 1.82) is 0 Å². The van der Waals surface area contributed by atoms with Gasteiger partial charge in [-0.3, -0.25) is 0 Å². The SMILES string of the molecule is Cc1cc(C(c2cc(C)c(O[Si](Cc3ccccc3)(Cc3ccccc3)Cc3ccccc3)c(Br)c2)C(c2cc(C)c(O[Si](Cc3ccccc3)(Cc3ccccc3)Cc3ccccc3)c(Br)c2)c2cc(C)c(O[Si](Cc3ccccc3)(Cc3ccccc3)Cc3ccccc3)c(Br)c2)cc(Br)c1O[Si](Cc1ccccc1)(Cc1ccccc1)Cc1ccccc1. The van der Waals surface area contributed by atoms with Gasteiger partial charge in [0.25, 0.3) is 33.3 Å². The van der Waals surface area contributed by atoms with Gasteiger partial charge in [-0.25, -0.2) is 0 Å². The van der Waals surface area contributed by atoms with Crippen molar-refractivity contribution in [3.63, 3.8) is 0 Å². The molecule has 0 amide bonds. The summed E-state index contributed by atoms with van der Waals surface area (Å²) in [7, 11) is -11.8. The van der Waals surface area contributed by atoms with Crippen LogP contribution in [0.25, 0.3) is 0 Å². The summed E-state index contributed by atoms with van der Waals surface area (Å²) < 4.78 is 36.4. The number of aryl methyl sites for hydroxylation is 4. The molecule has 0 radical (unpaired) electrons. The topological polar surface area (TPSA) is 36.9 Å². The van der Waals surface area contributed by atoms with Crippen LogP contribution in [-0.4, -0.2) is 33.3 Å². The lowest BCUT2D eigenvalue weighted by Crippen LogP contribution is -2.50. The van der Waals surface area contributed by atoms with Crippen LogP contribution in [0.5, 0.6) is 23.0 Å². The van der Waals surface area contributed by atoms with Gasteiger partial charge in [0.2, 0.25) is 0 Å². The summed E-state index contributed by atoms with van der Waals surface area (Å²) in [4.78, 5) is 0. The van der Waals surface area contributed by atoms with Gasteiger partial charge in [0.1, 0.15) is 23.0 Å². The summed E-state index contributed by atoms with van der Waals surface area (Å²) in [5.41, 5.74) is 23.8. The predicted molar refractivity (Wildman–Crippen MR) is 546 cm³/mol. The zero-order chi connectivity index (χ0) is 86.7. The molecule has 16 aromatic rings. The van der Waals surface area contributed by atoms with E-state index in [0.717, 1.165) is 158 Å². The fourth-order valence-corrected chi connectivity index (χ4v) is 39.3. The van der Waals surface area contributed by atoms with E-state index in [-0.39, 0.29) is 11.8 Å². The zero-order valence-corrected chi connectivity index (χ0v) is 82.4.